The Bertz CT molecular complexity index is 367. The van der Waals surface area contributed by atoms with E-state index < -0.39 is 0 Å². The molecule has 82 valence electrons. The molecule has 1 aromatic rings. The van der Waals surface area contributed by atoms with Crippen LogP contribution < -0.4 is 0 Å². The fourth-order valence-electron chi connectivity index (χ4n) is 1.94. The van der Waals surface area contributed by atoms with Crippen LogP contribution in [0.2, 0.25) is 0 Å². The predicted octanol–water partition coefficient (Wildman–Crippen LogP) is 2.43. The lowest BCUT2D eigenvalue weighted by molar-refractivity contribution is 0.0994. The van der Waals surface area contributed by atoms with Crippen LogP contribution in [0.5, 0.6) is 0 Å². The van der Waals surface area contributed by atoms with Crippen molar-refractivity contribution in [3.05, 3.63) is 34.4 Å². The fraction of sp³-hybridized carbons (Fsp3) is 0.462. The maximum atomic E-state index is 11.4. The molecule has 0 unspecified atom stereocenters. The molecule has 0 saturated heterocycles. The van der Waals surface area contributed by atoms with Crippen molar-refractivity contribution < 1.29 is 9.90 Å². The molecule has 1 aromatic carbocycles. The Morgan fingerprint density at radius 2 is 1.73 bits per heavy atom. The number of aliphatic hydroxyl groups is 1. The van der Waals surface area contributed by atoms with Crippen LogP contribution in [0.3, 0.4) is 0 Å². The largest absolute Gasteiger partial charge is 0.397 e. The van der Waals surface area contributed by atoms with Crippen LogP contribution in [0.4, 0.5) is 0 Å². The van der Waals surface area contributed by atoms with Crippen molar-refractivity contribution in [2.45, 2.75) is 33.6 Å². The van der Waals surface area contributed by atoms with Gasteiger partial charge in [0.1, 0.15) is 0 Å². The number of aliphatic hydroxyl groups excluding tert-OH is 1. The van der Waals surface area contributed by atoms with E-state index in [0.29, 0.717) is 12.2 Å². The van der Waals surface area contributed by atoms with Gasteiger partial charge in [-0.3, -0.25) is 4.79 Å². The standard InChI is InChI=1S/C11H12O.C2H6O/c1-7-3-4-8(2)11-9(7)5-6-10(11)12;1-2-3/h3-4H,5-6H2,1-2H3;3H,2H2,1H3. The van der Waals surface area contributed by atoms with Crippen LogP contribution in [0, 0.1) is 13.8 Å². The summed E-state index contributed by atoms with van der Waals surface area (Å²) in [6.07, 6.45) is 1.66. The number of aryl methyl sites for hydroxylation is 2. The summed E-state index contributed by atoms with van der Waals surface area (Å²) in [4.78, 5) is 11.4. The molecule has 2 rings (SSSR count). The van der Waals surface area contributed by atoms with Crippen LogP contribution in [-0.4, -0.2) is 17.5 Å². The SMILES string of the molecule is CCO.Cc1ccc(C)c2c1CCC2=O. The summed E-state index contributed by atoms with van der Waals surface area (Å²) in [5.41, 5.74) is 4.68. The topological polar surface area (TPSA) is 37.3 Å². The van der Waals surface area contributed by atoms with Gasteiger partial charge in [0.15, 0.2) is 5.78 Å². The molecule has 0 radical (unpaired) electrons. The molecule has 1 aliphatic rings. The Kier molecular flexibility index (Phi) is 4.04. The smallest absolute Gasteiger partial charge is 0.163 e. The molecule has 2 nitrogen and oxygen atoms in total. The van der Waals surface area contributed by atoms with Crippen LogP contribution in [0.15, 0.2) is 12.1 Å². The maximum absolute atomic E-state index is 11.4. The minimum Gasteiger partial charge on any atom is -0.397 e. The first-order valence-electron chi connectivity index (χ1n) is 5.35. The van der Waals surface area contributed by atoms with Gasteiger partial charge in [0.2, 0.25) is 0 Å². The Morgan fingerprint density at radius 1 is 1.20 bits per heavy atom. The third kappa shape index (κ3) is 2.45. The predicted molar refractivity (Wildman–Crippen MR) is 61.3 cm³/mol. The second-order valence-corrected chi connectivity index (χ2v) is 3.79. The first kappa shape index (κ1) is 11.9. The zero-order valence-electron chi connectivity index (χ0n) is 9.63. The quantitative estimate of drug-likeness (QED) is 0.708. The minimum absolute atomic E-state index is 0.250. The fourth-order valence-corrected chi connectivity index (χ4v) is 1.94. The molecule has 0 aromatic heterocycles. The van der Waals surface area contributed by atoms with Crippen molar-refractivity contribution in [1.29, 1.82) is 0 Å². The molecule has 0 bridgehead atoms. The summed E-state index contributed by atoms with van der Waals surface area (Å²) in [5, 5.41) is 7.57. The Morgan fingerprint density at radius 3 is 2.27 bits per heavy atom. The highest BCUT2D eigenvalue weighted by atomic mass is 16.2. The Labute approximate surface area is 90.9 Å². The van der Waals surface area contributed by atoms with Crippen LogP contribution in [0.1, 0.15) is 40.4 Å². The molecular weight excluding hydrogens is 188 g/mol. The molecule has 0 aliphatic heterocycles. The van der Waals surface area contributed by atoms with Gasteiger partial charge >= 0.3 is 0 Å². The minimum atomic E-state index is 0.250. The second kappa shape index (κ2) is 5.08. The highest BCUT2D eigenvalue weighted by molar-refractivity contribution is 6.02. The van der Waals surface area contributed by atoms with Crippen molar-refractivity contribution in [3.8, 4) is 0 Å². The zero-order chi connectivity index (χ0) is 11.4. The zero-order valence-corrected chi connectivity index (χ0v) is 9.63. The van der Waals surface area contributed by atoms with Crippen LogP contribution in [0.25, 0.3) is 0 Å². The van der Waals surface area contributed by atoms with Crippen molar-refractivity contribution in [2.24, 2.45) is 0 Å². The van der Waals surface area contributed by atoms with Gasteiger partial charge in [-0.2, -0.15) is 0 Å². The third-order valence-corrected chi connectivity index (χ3v) is 2.64. The van der Waals surface area contributed by atoms with Gasteiger partial charge in [-0.15, -0.1) is 0 Å². The number of fused-ring (bicyclic) bond motifs is 1. The monoisotopic (exact) mass is 206 g/mol. The van der Waals surface area contributed by atoms with E-state index in [-0.39, 0.29) is 6.61 Å². The molecule has 2 heteroatoms. The molecule has 0 amide bonds. The summed E-state index contributed by atoms with van der Waals surface area (Å²) in [7, 11) is 0. The molecular formula is C13H18O2. The number of rotatable bonds is 0. The summed E-state index contributed by atoms with van der Waals surface area (Å²) < 4.78 is 0. The first-order chi connectivity index (χ1) is 7.11. The van der Waals surface area contributed by atoms with E-state index >= 15 is 0 Å². The lowest BCUT2D eigenvalue weighted by Gasteiger charge is -2.04. The lowest BCUT2D eigenvalue weighted by Crippen LogP contribution is -1.96. The van der Waals surface area contributed by atoms with E-state index in [2.05, 4.69) is 13.0 Å². The molecule has 15 heavy (non-hydrogen) atoms. The van der Waals surface area contributed by atoms with Crippen molar-refractivity contribution in [2.75, 3.05) is 6.61 Å². The highest BCUT2D eigenvalue weighted by Crippen LogP contribution is 2.27. The number of ketones is 1. The molecule has 0 saturated carbocycles. The number of hydrogen-bond acceptors (Lipinski definition) is 2. The Balaban J connectivity index is 0.000000337. The van der Waals surface area contributed by atoms with E-state index in [1.165, 1.54) is 11.1 Å². The molecule has 0 fully saturated rings. The lowest BCUT2D eigenvalue weighted by atomic mass is 10.00. The van der Waals surface area contributed by atoms with Crippen molar-refractivity contribution >= 4 is 5.78 Å². The number of benzene rings is 1. The maximum Gasteiger partial charge on any atom is 0.163 e. The molecule has 1 aliphatic carbocycles. The normalized spacial score (nSPS) is 13.2. The van der Waals surface area contributed by atoms with Gasteiger partial charge in [0, 0.05) is 18.6 Å². The number of carbonyl (C=O) groups excluding carboxylic acids is 1. The highest BCUT2D eigenvalue weighted by Gasteiger charge is 2.22. The molecule has 1 N–H and O–H groups in total. The summed E-state index contributed by atoms with van der Waals surface area (Å²) in [5.74, 6) is 0.325. The number of hydrogen-bond donors (Lipinski definition) is 1. The van der Waals surface area contributed by atoms with Gasteiger partial charge in [-0.1, -0.05) is 12.1 Å². The average Bonchev–Trinajstić information content (AvgIpc) is 2.57. The van der Waals surface area contributed by atoms with Crippen molar-refractivity contribution in [1.82, 2.24) is 0 Å². The van der Waals surface area contributed by atoms with E-state index in [4.69, 9.17) is 5.11 Å². The van der Waals surface area contributed by atoms with Crippen molar-refractivity contribution in [3.63, 3.8) is 0 Å². The molecule has 0 spiro atoms. The summed E-state index contributed by atoms with van der Waals surface area (Å²) in [6.45, 7) is 6.03. The number of carbonyl (C=O) groups is 1. The second-order valence-electron chi connectivity index (χ2n) is 3.79. The van der Waals surface area contributed by atoms with Gasteiger partial charge in [-0.05, 0) is 43.9 Å². The van der Waals surface area contributed by atoms with E-state index in [0.717, 1.165) is 17.5 Å². The van der Waals surface area contributed by atoms with Crippen LogP contribution in [-0.2, 0) is 6.42 Å². The number of Topliss-reactive ketones (excluding diaryl/α,β-unsaturated/α-hetero) is 1. The van der Waals surface area contributed by atoms with Gasteiger partial charge in [0.25, 0.3) is 0 Å². The Hall–Kier alpha value is -1.15. The molecule has 0 heterocycles. The van der Waals surface area contributed by atoms with E-state index in [9.17, 15) is 4.79 Å². The first-order valence-corrected chi connectivity index (χ1v) is 5.35. The average molecular weight is 206 g/mol. The summed E-state index contributed by atoms with van der Waals surface area (Å²) in [6, 6.07) is 4.14. The van der Waals surface area contributed by atoms with E-state index in [1.54, 1.807) is 6.92 Å². The van der Waals surface area contributed by atoms with Gasteiger partial charge in [0.05, 0.1) is 0 Å². The third-order valence-electron chi connectivity index (χ3n) is 2.64. The van der Waals surface area contributed by atoms with E-state index in [1.807, 2.05) is 13.0 Å². The summed E-state index contributed by atoms with van der Waals surface area (Å²) >= 11 is 0. The van der Waals surface area contributed by atoms with Gasteiger partial charge in [-0.25, -0.2) is 0 Å². The van der Waals surface area contributed by atoms with Gasteiger partial charge < -0.3 is 5.11 Å². The molecule has 0 atom stereocenters. The van der Waals surface area contributed by atoms with Crippen LogP contribution >= 0.6 is 0 Å².